The fraction of sp³-hybridized carbons (Fsp3) is 1.00. The van der Waals surface area contributed by atoms with Crippen LogP contribution in [0, 0.1) is 5.92 Å². The van der Waals surface area contributed by atoms with E-state index in [1.807, 2.05) is 0 Å². The Morgan fingerprint density at radius 1 is 0.722 bits per heavy atom. The molecule has 0 fully saturated rings. The fourth-order valence-electron chi connectivity index (χ4n) is 2.83. The maximum atomic E-state index is 3.68. The van der Waals surface area contributed by atoms with Crippen LogP contribution in [0.5, 0.6) is 0 Å². The van der Waals surface area contributed by atoms with E-state index in [0.717, 1.165) is 18.5 Å². The Labute approximate surface area is 116 Å². The minimum absolute atomic E-state index is 0.755. The Bertz CT molecular complexity index is 156. The second-order valence-electron chi connectivity index (χ2n) is 5.84. The van der Waals surface area contributed by atoms with Crippen molar-refractivity contribution in [3.63, 3.8) is 0 Å². The van der Waals surface area contributed by atoms with Crippen LogP contribution in [0.2, 0.25) is 0 Å². The van der Waals surface area contributed by atoms with E-state index in [-0.39, 0.29) is 0 Å². The topological polar surface area (TPSA) is 12.0 Å². The van der Waals surface area contributed by atoms with Gasteiger partial charge in [-0.3, -0.25) is 0 Å². The molecule has 0 radical (unpaired) electrons. The van der Waals surface area contributed by atoms with Gasteiger partial charge in [0.1, 0.15) is 0 Å². The van der Waals surface area contributed by atoms with Crippen molar-refractivity contribution in [3.05, 3.63) is 0 Å². The van der Waals surface area contributed by atoms with E-state index in [9.17, 15) is 0 Å². The summed E-state index contributed by atoms with van der Waals surface area (Å²) < 4.78 is 0. The molecule has 0 aromatic carbocycles. The SMILES string of the molecule is CCCCCCCCCC(NCC)C(C)CCC. The van der Waals surface area contributed by atoms with Crippen molar-refractivity contribution in [1.82, 2.24) is 5.32 Å². The minimum Gasteiger partial charge on any atom is -0.314 e. The average Bonchev–Trinajstić information content (AvgIpc) is 2.36. The Hall–Kier alpha value is -0.0400. The molecule has 0 aliphatic rings. The van der Waals surface area contributed by atoms with E-state index in [4.69, 9.17) is 0 Å². The number of hydrogen-bond acceptors (Lipinski definition) is 1. The summed E-state index contributed by atoms with van der Waals surface area (Å²) in [7, 11) is 0. The zero-order valence-electron chi connectivity index (χ0n) is 13.4. The normalized spacial score (nSPS) is 14.7. The molecule has 2 atom stereocenters. The number of nitrogens with one attached hydrogen (secondary N) is 1. The minimum atomic E-state index is 0.755. The van der Waals surface area contributed by atoms with E-state index in [1.54, 1.807) is 0 Å². The van der Waals surface area contributed by atoms with Gasteiger partial charge in [-0.25, -0.2) is 0 Å². The molecule has 2 unspecified atom stereocenters. The van der Waals surface area contributed by atoms with Crippen molar-refractivity contribution < 1.29 is 0 Å². The highest BCUT2D eigenvalue weighted by atomic mass is 14.9. The van der Waals surface area contributed by atoms with Gasteiger partial charge in [-0.1, -0.05) is 79.1 Å². The molecule has 18 heavy (non-hydrogen) atoms. The lowest BCUT2D eigenvalue weighted by Gasteiger charge is -2.24. The van der Waals surface area contributed by atoms with Crippen LogP contribution in [-0.4, -0.2) is 12.6 Å². The van der Waals surface area contributed by atoms with Gasteiger partial charge in [0.25, 0.3) is 0 Å². The molecule has 1 N–H and O–H groups in total. The average molecular weight is 255 g/mol. The highest BCUT2D eigenvalue weighted by Crippen LogP contribution is 2.17. The maximum Gasteiger partial charge on any atom is 0.00925 e. The number of unbranched alkanes of at least 4 members (excludes halogenated alkanes) is 6. The van der Waals surface area contributed by atoms with Crippen LogP contribution in [0.15, 0.2) is 0 Å². The van der Waals surface area contributed by atoms with Crippen LogP contribution in [0.1, 0.15) is 91.9 Å². The van der Waals surface area contributed by atoms with Gasteiger partial charge in [-0.2, -0.15) is 0 Å². The zero-order chi connectivity index (χ0) is 13.6. The lowest BCUT2D eigenvalue weighted by molar-refractivity contribution is 0.332. The molecule has 0 aliphatic heterocycles. The molecule has 0 amide bonds. The van der Waals surface area contributed by atoms with Crippen molar-refractivity contribution in [1.29, 1.82) is 0 Å². The monoisotopic (exact) mass is 255 g/mol. The van der Waals surface area contributed by atoms with Gasteiger partial charge in [0.15, 0.2) is 0 Å². The molecular formula is C17H37N. The van der Waals surface area contributed by atoms with Crippen LogP contribution in [0.3, 0.4) is 0 Å². The molecule has 0 rings (SSSR count). The molecular weight excluding hydrogens is 218 g/mol. The number of hydrogen-bond donors (Lipinski definition) is 1. The van der Waals surface area contributed by atoms with E-state index < -0.39 is 0 Å². The van der Waals surface area contributed by atoms with E-state index >= 15 is 0 Å². The van der Waals surface area contributed by atoms with Crippen molar-refractivity contribution in [2.24, 2.45) is 5.92 Å². The highest BCUT2D eigenvalue weighted by Gasteiger charge is 2.14. The molecule has 0 spiro atoms. The molecule has 0 aromatic rings. The molecule has 110 valence electrons. The highest BCUT2D eigenvalue weighted by molar-refractivity contribution is 4.72. The summed E-state index contributed by atoms with van der Waals surface area (Å²) in [5.41, 5.74) is 0. The van der Waals surface area contributed by atoms with Crippen LogP contribution >= 0.6 is 0 Å². The molecule has 0 heterocycles. The molecule has 0 aliphatic carbocycles. The van der Waals surface area contributed by atoms with E-state index in [1.165, 1.54) is 64.2 Å². The van der Waals surface area contributed by atoms with Crippen molar-refractivity contribution in [2.75, 3.05) is 6.54 Å². The second-order valence-corrected chi connectivity index (χ2v) is 5.84. The predicted octanol–water partition coefficient (Wildman–Crippen LogP) is 5.54. The van der Waals surface area contributed by atoms with Crippen LogP contribution in [0.25, 0.3) is 0 Å². The lowest BCUT2D eigenvalue weighted by atomic mass is 9.92. The number of rotatable bonds is 13. The first-order valence-corrected chi connectivity index (χ1v) is 8.49. The third-order valence-corrected chi connectivity index (χ3v) is 4.02. The summed E-state index contributed by atoms with van der Waals surface area (Å²) in [5.74, 6) is 0.843. The van der Waals surface area contributed by atoms with Crippen LogP contribution < -0.4 is 5.32 Å². The van der Waals surface area contributed by atoms with Crippen molar-refractivity contribution in [3.8, 4) is 0 Å². The molecule has 1 heteroatoms. The van der Waals surface area contributed by atoms with Gasteiger partial charge in [0.2, 0.25) is 0 Å². The van der Waals surface area contributed by atoms with Crippen LogP contribution in [0.4, 0.5) is 0 Å². The molecule has 1 nitrogen and oxygen atoms in total. The zero-order valence-corrected chi connectivity index (χ0v) is 13.4. The summed E-state index contributed by atoms with van der Waals surface area (Å²) in [5, 5.41) is 3.68. The largest absolute Gasteiger partial charge is 0.314 e. The second kappa shape index (κ2) is 13.4. The van der Waals surface area contributed by atoms with E-state index in [0.29, 0.717) is 0 Å². The Kier molecular flexibility index (Phi) is 13.4. The fourth-order valence-corrected chi connectivity index (χ4v) is 2.83. The van der Waals surface area contributed by atoms with Gasteiger partial charge >= 0.3 is 0 Å². The third-order valence-electron chi connectivity index (χ3n) is 4.02. The Balaban J connectivity index is 3.57. The molecule has 0 saturated heterocycles. The Morgan fingerprint density at radius 3 is 1.89 bits per heavy atom. The molecule has 0 saturated carbocycles. The summed E-state index contributed by atoms with van der Waals surface area (Å²) in [6.45, 7) is 10.4. The maximum absolute atomic E-state index is 3.68. The van der Waals surface area contributed by atoms with Gasteiger partial charge in [-0.15, -0.1) is 0 Å². The summed E-state index contributed by atoms with van der Waals surface area (Å²) in [6.07, 6.45) is 14.0. The van der Waals surface area contributed by atoms with E-state index in [2.05, 4.69) is 33.0 Å². The summed E-state index contributed by atoms with van der Waals surface area (Å²) >= 11 is 0. The van der Waals surface area contributed by atoms with Gasteiger partial charge < -0.3 is 5.32 Å². The first kappa shape index (κ1) is 18.0. The lowest BCUT2D eigenvalue weighted by Crippen LogP contribution is -2.34. The first-order valence-electron chi connectivity index (χ1n) is 8.49. The molecule has 0 bridgehead atoms. The van der Waals surface area contributed by atoms with Crippen LogP contribution in [-0.2, 0) is 0 Å². The smallest absolute Gasteiger partial charge is 0.00925 e. The van der Waals surface area contributed by atoms with Crippen molar-refractivity contribution in [2.45, 2.75) is 97.9 Å². The molecule has 0 aromatic heterocycles. The van der Waals surface area contributed by atoms with Crippen molar-refractivity contribution >= 4 is 0 Å². The third kappa shape index (κ3) is 9.94. The quantitative estimate of drug-likeness (QED) is 0.426. The standard InChI is InChI=1S/C17H37N/c1-5-8-9-10-11-12-13-15-17(18-7-3)16(4)14-6-2/h16-18H,5-15H2,1-4H3. The summed E-state index contributed by atoms with van der Waals surface area (Å²) in [6, 6.07) is 0.755. The van der Waals surface area contributed by atoms with Gasteiger partial charge in [-0.05, 0) is 25.3 Å². The van der Waals surface area contributed by atoms with Gasteiger partial charge in [0.05, 0.1) is 0 Å². The van der Waals surface area contributed by atoms with Gasteiger partial charge in [0, 0.05) is 6.04 Å². The summed E-state index contributed by atoms with van der Waals surface area (Å²) in [4.78, 5) is 0. The Morgan fingerprint density at radius 2 is 1.33 bits per heavy atom. The first-order chi connectivity index (χ1) is 8.76. The predicted molar refractivity (Wildman–Crippen MR) is 84.1 cm³/mol.